The molecule has 1 heterocycles. The van der Waals surface area contributed by atoms with E-state index < -0.39 is 11.9 Å². The molecule has 0 unspecified atom stereocenters. The number of carbonyl (C=O) groups is 2. The lowest BCUT2D eigenvalue weighted by Gasteiger charge is -1.97. The lowest BCUT2D eigenvalue weighted by molar-refractivity contribution is -0.140. The molecule has 0 saturated carbocycles. The van der Waals surface area contributed by atoms with Crippen molar-refractivity contribution in [3.8, 4) is 0 Å². The molecule has 0 bridgehead atoms. The summed E-state index contributed by atoms with van der Waals surface area (Å²) in [6.07, 6.45) is -0.100. The molecule has 0 aliphatic carbocycles. The Bertz CT molecular complexity index is 396. The molecular weight excluding hydrogens is 214 g/mol. The van der Waals surface area contributed by atoms with Crippen LogP contribution in [0.5, 0.6) is 0 Å². The van der Waals surface area contributed by atoms with Gasteiger partial charge in [-0.1, -0.05) is 0 Å². The monoisotopic (exact) mass is 227 g/mol. The maximum Gasteiger partial charge on any atom is 0.376 e. The second kappa shape index (κ2) is 5.29. The zero-order valence-electron chi connectivity index (χ0n) is 9.40. The van der Waals surface area contributed by atoms with E-state index in [9.17, 15) is 9.59 Å². The molecule has 0 aromatic carbocycles. The number of nitrogens with zero attached hydrogens (tertiary/aromatic N) is 1. The van der Waals surface area contributed by atoms with Crippen LogP contribution < -0.4 is 0 Å². The lowest BCUT2D eigenvalue weighted by atomic mass is 10.4. The zero-order chi connectivity index (χ0) is 12.1. The average Bonchev–Trinajstić information content (AvgIpc) is 2.59. The molecule has 0 atom stereocenters. The third-order valence-electron chi connectivity index (χ3n) is 1.82. The number of aryl methyl sites for hydroxylation is 1. The van der Waals surface area contributed by atoms with Crippen LogP contribution in [0.25, 0.3) is 0 Å². The number of methoxy groups -OCH3 is 1. The highest BCUT2D eigenvalue weighted by Gasteiger charge is 2.19. The molecule has 1 rings (SSSR count). The predicted octanol–water partition coefficient (Wildman–Crippen LogP) is 0.875. The van der Waals surface area contributed by atoms with Crippen LogP contribution in [0.1, 0.15) is 29.1 Å². The Morgan fingerprint density at radius 1 is 1.44 bits per heavy atom. The zero-order valence-corrected chi connectivity index (χ0v) is 9.40. The molecule has 6 nitrogen and oxygen atoms in total. The fraction of sp³-hybridized carbons (Fsp3) is 0.500. The molecule has 0 amide bonds. The summed E-state index contributed by atoms with van der Waals surface area (Å²) in [7, 11) is 1.27. The van der Waals surface area contributed by atoms with Crippen LogP contribution in [0.2, 0.25) is 0 Å². The van der Waals surface area contributed by atoms with Crippen LogP contribution in [0.3, 0.4) is 0 Å². The van der Waals surface area contributed by atoms with Gasteiger partial charge in [0.2, 0.25) is 11.7 Å². The van der Waals surface area contributed by atoms with E-state index in [-0.39, 0.29) is 24.7 Å². The first-order chi connectivity index (χ1) is 7.58. The van der Waals surface area contributed by atoms with Crippen molar-refractivity contribution in [3.63, 3.8) is 0 Å². The summed E-state index contributed by atoms with van der Waals surface area (Å²) in [5, 5.41) is 0. The van der Waals surface area contributed by atoms with Gasteiger partial charge in [-0.2, -0.15) is 0 Å². The standard InChI is InChI=1S/C10H13NO5/c1-4-15-10(13)9-6(2)11-7(16-9)5-8(12)14-3/h4-5H2,1-3H3. The quantitative estimate of drug-likeness (QED) is 0.710. The fourth-order valence-corrected chi connectivity index (χ4v) is 1.11. The number of oxazole rings is 1. The topological polar surface area (TPSA) is 78.6 Å². The number of ether oxygens (including phenoxy) is 2. The molecule has 1 aromatic heterocycles. The Kier molecular flexibility index (Phi) is 4.04. The first-order valence-electron chi connectivity index (χ1n) is 4.78. The summed E-state index contributed by atoms with van der Waals surface area (Å²) < 4.78 is 14.3. The third-order valence-corrected chi connectivity index (χ3v) is 1.82. The minimum atomic E-state index is -0.580. The van der Waals surface area contributed by atoms with Crippen LogP contribution in [0, 0.1) is 6.92 Å². The molecule has 1 aromatic rings. The van der Waals surface area contributed by atoms with E-state index in [2.05, 4.69) is 9.72 Å². The van der Waals surface area contributed by atoms with Gasteiger partial charge in [-0.25, -0.2) is 9.78 Å². The molecule has 0 aliphatic rings. The van der Waals surface area contributed by atoms with E-state index in [1.807, 2.05) is 0 Å². The van der Waals surface area contributed by atoms with Crippen molar-refractivity contribution in [2.24, 2.45) is 0 Å². The maximum atomic E-state index is 11.4. The SMILES string of the molecule is CCOC(=O)c1oc(CC(=O)OC)nc1C. The van der Waals surface area contributed by atoms with Gasteiger partial charge < -0.3 is 13.9 Å². The van der Waals surface area contributed by atoms with Crippen molar-refractivity contribution < 1.29 is 23.5 Å². The number of hydrogen-bond acceptors (Lipinski definition) is 6. The van der Waals surface area contributed by atoms with Gasteiger partial charge in [0, 0.05) is 0 Å². The second-order valence-corrected chi connectivity index (χ2v) is 3.00. The minimum absolute atomic E-state index is 0.0285. The summed E-state index contributed by atoms with van der Waals surface area (Å²) in [5.74, 6) is -0.881. The Labute approximate surface area is 92.6 Å². The van der Waals surface area contributed by atoms with E-state index >= 15 is 0 Å². The summed E-state index contributed by atoms with van der Waals surface area (Å²) in [6.45, 7) is 3.56. The van der Waals surface area contributed by atoms with Crippen LogP contribution in [0.15, 0.2) is 4.42 Å². The number of aromatic nitrogens is 1. The van der Waals surface area contributed by atoms with Crippen molar-refractivity contribution in [2.45, 2.75) is 20.3 Å². The largest absolute Gasteiger partial charge is 0.469 e. The van der Waals surface area contributed by atoms with E-state index in [1.165, 1.54) is 7.11 Å². The lowest BCUT2D eigenvalue weighted by Crippen LogP contribution is -2.05. The summed E-state index contributed by atoms with van der Waals surface area (Å²) in [4.78, 5) is 26.3. The molecule has 0 saturated heterocycles. The van der Waals surface area contributed by atoms with E-state index in [0.717, 1.165) is 0 Å². The third kappa shape index (κ3) is 2.82. The van der Waals surface area contributed by atoms with E-state index in [0.29, 0.717) is 5.69 Å². The van der Waals surface area contributed by atoms with Crippen molar-refractivity contribution in [2.75, 3.05) is 13.7 Å². The van der Waals surface area contributed by atoms with Crippen molar-refractivity contribution in [1.29, 1.82) is 0 Å². The normalized spacial score (nSPS) is 9.94. The Morgan fingerprint density at radius 3 is 2.69 bits per heavy atom. The highest BCUT2D eigenvalue weighted by molar-refractivity contribution is 5.87. The number of carbonyl (C=O) groups excluding carboxylic acids is 2. The van der Waals surface area contributed by atoms with Crippen molar-refractivity contribution in [3.05, 3.63) is 17.3 Å². The van der Waals surface area contributed by atoms with Gasteiger partial charge in [-0.05, 0) is 13.8 Å². The average molecular weight is 227 g/mol. The smallest absolute Gasteiger partial charge is 0.376 e. The Balaban J connectivity index is 2.81. The van der Waals surface area contributed by atoms with Gasteiger partial charge in [0.05, 0.1) is 19.4 Å². The maximum absolute atomic E-state index is 11.4. The van der Waals surface area contributed by atoms with Crippen LogP contribution in [-0.2, 0) is 20.7 Å². The first kappa shape index (κ1) is 12.2. The summed E-state index contributed by atoms with van der Waals surface area (Å²) >= 11 is 0. The minimum Gasteiger partial charge on any atom is -0.469 e. The highest BCUT2D eigenvalue weighted by atomic mass is 16.5. The molecular formula is C10H13NO5. The fourth-order valence-electron chi connectivity index (χ4n) is 1.11. The van der Waals surface area contributed by atoms with Crippen LogP contribution in [-0.4, -0.2) is 30.6 Å². The molecule has 0 N–H and O–H groups in total. The summed E-state index contributed by atoms with van der Waals surface area (Å²) in [6, 6.07) is 0. The molecule has 0 fully saturated rings. The highest BCUT2D eigenvalue weighted by Crippen LogP contribution is 2.12. The number of hydrogen-bond donors (Lipinski definition) is 0. The summed E-state index contributed by atoms with van der Waals surface area (Å²) in [5.41, 5.74) is 0.400. The van der Waals surface area contributed by atoms with Gasteiger partial charge in [0.15, 0.2) is 0 Å². The molecule has 6 heteroatoms. The first-order valence-corrected chi connectivity index (χ1v) is 4.78. The molecule has 0 radical (unpaired) electrons. The van der Waals surface area contributed by atoms with Gasteiger partial charge in [0.1, 0.15) is 6.42 Å². The second-order valence-electron chi connectivity index (χ2n) is 3.00. The molecule has 88 valence electrons. The number of rotatable bonds is 4. The Hall–Kier alpha value is -1.85. The predicted molar refractivity (Wildman–Crippen MR) is 52.9 cm³/mol. The molecule has 0 spiro atoms. The Morgan fingerprint density at radius 2 is 2.12 bits per heavy atom. The van der Waals surface area contributed by atoms with Crippen LogP contribution in [0.4, 0.5) is 0 Å². The van der Waals surface area contributed by atoms with Crippen molar-refractivity contribution in [1.82, 2.24) is 4.98 Å². The molecule has 16 heavy (non-hydrogen) atoms. The van der Waals surface area contributed by atoms with Crippen molar-refractivity contribution >= 4 is 11.9 Å². The van der Waals surface area contributed by atoms with Gasteiger partial charge in [-0.15, -0.1) is 0 Å². The molecule has 0 aliphatic heterocycles. The van der Waals surface area contributed by atoms with Gasteiger partial charge in [-0.3, -0.25) is 4.79 Å². The van der Waals surface area contributed by atoms with Gasteiger partial charge in [0.25, 0.3) is 0 Å². The number of esters is 2. The van der Waals surface area contributed by atoms with Gasteiger partial charge >= 0.3 is 11.9 Å². The van der Waals surface area contributed by atoms with E-state index in [4.69, 9.17) is 9.15 Å². The van der Waals surface area contributed by atoms with E-state index in [1.54, 1.807) is 13.8 Å². The van der Waals surface area contributed by atoms with Crippen LogP contribution >= 0.6 is 0 Å².